The van der Waals surface area contributed by atoms with E-state index in [1.165, 1.54) is 18.2 Å². The summed E-state index contributed by atoms with van der Waals surface area (Å²) in [7, 11) is 0. The molecular weight excluding hydrogens is 418 g/mol. The van der Waals surface area contributed by atoms with Gasteiger partial charge in [0.25, 0.3) is 5.91 Å². The van der Waals surface area contributed by atoms with Crippen molar-refractivity contribution in [1.82, 2.24) is 5.32 Å². The summed E-state index contributed by atoms with van der Waals surface area (Å²) in [5, 5.41) is 4.85. The Kier molecular flexibility index (Phi) is 5.93. The second-order valence-electron chi connectivity index (χ2n) is 7.24. The average Bonchev–Trinajstić information content (AvgIpc) is 2.80. The van der Waals surface area contributed by atoms with Crippen molar-refractivity contribution in [2.24, 2.45) is 0 Å². The molecule has 1 unspecified atom stereocenters. The molecule has 1 aliphatic heterocycles. The van der Waals surface area contributed by atoms with Crippen molar-refractivity contribution in [3.05, 3.63) is 101 Å². The van der Waals surface area contributed by atoms with Gasteiger partial charge in [0.05, 0.1) is 12.1 Å². The number of cyclic esters (lactones) is 1. The predicted molar refractivity (Wildman–Crippen MR) is 112 cm³/mol. The van der Waals surface area contributed by atoms with Crippen molar-refractivity contribution in [1.29, 1.82) is 0 Å². The smallest absolute Gasteiger partial charge is 0.339 e. The monoisotopic (exact) mass is 436 g/mol. The molecule has 0 bridgehead atoms. The first-order valence-corrected chi connectivity index (χ1v) is 9.82. The number of carbonyl (C=O) groups is 3. The molecule has 8 heteroatoms. The molecule has 0 spiro atoms. The quantitative estimate of drug-likeness (QED) is 0.596. The highest BCUT2D eigenvalue weighted by molar-refractivity contribution is 6.00. The van der Waals surface area contributed by atoms with Crippen LogP contribution in [0, 0.1) is 11.6 Å². The number of amides is 2. The van der Waals surface area contributed by atoms with E-state index in [-0.39, 0.29) is 17.8 Å². The van der Waals surface area contributed by atoms with E-state index in [2.05, 4.69) is 10.6 Å². The largest absolute Gasteiger partial charge is 0.454 e. The molecule has 3 aromatic carbocycles. The molecule has 0 aromatic heterocycles. The molecule has 2 N–H and O–H groups in total. The van der Waals surface area contributed by atoms with Crippen molar-refractivity contribution >= 4 is 23.5 Å². The topological polar surface area (TPSA) is 84.5 Å². The second kappa shape index (κ2) is 8.97. The van der Waals surface area contributed by atoms with E-state index in [9.17, 15) is 23.2 Å². The first kappa shape index (κ1) is 21.2. The first-order chi connectivity index (χ1) is 15.4. The van der Waals surface area contributed by atoms with Gasteiger partial charge in [0.15, 0.2) is 11.6 Å². The van der Waals surface area contributed by atoms with Gasteiger partial charge in [-0.3, -0.25) is 9.59 Å². The highest BCUT2D eigenvalue weighted by Gasteiger charge is 2.28. The Balaban J connectivity index is 1.41. The van der Waals surface area contributed by atoms with Crippen LogP contribution in [0.1, 0.15) is 37.9 Å². The van der Waals surface area contributed by atoms with Crippen LogP contribution in [-0.2, 0) is 16.0 Å². The number of ether oxygens (including phenoxy) is 1. The highest BCUT2D eigenvalue weighted by Crippen LogP contribution is 2.31. The van der Waals surface area contributed by atoms with E-state index in [0.29, 0.717) is 17.5 Å². The molecule has 0 radical (unpaired) electrons. The third kappa shape index (κ3) is 4.64. The normalized spacial score (nSPS) is 14.8. The number of esters is 1. The van der Waals surface area contributed by atoms with Crippen LogP contribution in [0.15, 0.2) is 66.7 Å². The summed E-state index contributed by atoms with van der Waals surface area (Å²) >= 11 is 0. The average molecular weight is 436 g/mol. The number of nitrogens with one attached hydrogen (secondary N) is 2. The fraction of sp³-hybridized carbons (Fsp3) is 0.125. The minimum absolute atomic E-state index is 0.0717. The van der Waals surface area contributed by atoms with Gasteiger partial charge in [-0.2, -0.15) is 0 Å². The van der Waals surface area contributed by atoms with Crippen molar-refractivity contribution < 1.29 is 27.9 Å². The number of rotatable bonds is 5. The van der Waals surface area contributed by atoms with Gasteiger partial charge in [0.2, 0.25) is 5.91 Å². The number of hydrogen-bond acceptors (Lipinski definition) is 4. The Bertz CT molecular complexity index is 1200. The van der Waals surface area contributed by atoms with E-state index in [1.807, 2.05) is 30.3 Å². The molecule has 162 valence electrons. The zero-order chi connectivity index (χ0) is 22.7. The summed E-state index contributed by atoms with van der Waals surface area (Å²) in [6.07, 6.45) is -0.0283. The number of anilines is 1. The number of halogens is 2. The zero-order valence-corrected chi connectivity index (χ0v) is 16.7. The minimum atomic E-state index is -1.09. The summed E-state index contributed by atoms with van der Waals surface area (Å²) < 4.78 is 31.7. The molecule has 4 rings (SSSR count). The van der Waals surface area contributed by atoms with Gasteiger partial charge in [-0.1, -0.05) is 30.3 Å². The summed E-state index contributed by atoms with van der Waals surface area (Å²) in [4.78, 5) is 36.9. The number of carbonyl (C=O) groups excluding carboxylic acids is 3. The summed E-state index contributed by atoms with van der Waals surface area (Å²) in [6.45, 7) is -0.371. The van der Waals surface area contributed by atoms with Crippen molar-refractivity contribution in [3.63, 3.8) is 0 Å². The molecule has 1 atom stereocenters. The molecular formula is C24H18F2N2O4. The van der Waals surface area contributed by atoms with Crippen molar-refractivity contribution in [2.45, 2.75) is 12.5 Å². The summed E-state index contributed by atoms with van der Waals surface area (Å²) in [6, 6.07) is 16.9. The van der Waals surface area contributed by atoms with E-state index in [4.69, 9.17) is 4.74 Å². The molecule has 6 nitrogen and oxygen atoms in total. The summed E-state index contributed by atoms with van der Waals surface area (Å²) in [5.41, 5.74) is 2.28. The molecule has 32 heavy (non-hydrogen) atoms. The van der Waals surface area contributed by atoms with E-state index >= 15 is 0 Å². The Morgan fingerprint density at radius 2 is 1.75 bits per heavy atom. The third-order valence-corrected chi connectivity index (χ3v) is 5.03. The maximum absolute atomic E-state index is 13.2. The number of fused-ring (bicyclic) bond motifs is 1. The van der Waals surface area contributed by atoms with Crippen LogP contribution in [0.25, 0.3) is 0 Å². The molecule has 3 aromatic rings. The van der Waals surface area contributed by atoms with E-state index < -0.39 is 35.5 Å². The number of benzene rings is 3. The molecule has 1 aliphatic rings. The molecule has 0 fully saturated rings. The fourth-order valence-electron chi connectivity index (χ4n) is 3.43. The van der Waals surface area contributed by atoms with Gasteiger partial charge in [0, 0.05) is 23.7 Å². The molecule has 0 saturated heterocycles. The van der Waals surface area contributed by atoms with Crippen LogP contribution in [0.4, 0.5) is 14.5 Å². The SMILES string of the molecule is O=C(CNC(=O)c1ccc2c(c1)CC(c1ccccc1)OC2=O)Nc1ccc(F)c(F)c1. The highest BCUT2D eigenvalue weighted by atomic mass is 19.2. The Labute approximate surface area is 182 Å². The maximum atomic E-state index is 13.2. The van der Waals surface area contributed by atoms with Gasteiger partial charge in [-0.15, -0.1) is 0 Å². The number of hydrogen-bond donors (Lipinski definition) is 2. The lowest BCUT2D eigenvalue weighted by molar-refractivity contribution is -0.115. The van der Waals surface area contributed by atoms with Crippen LogP contribution in [0.2, 0.25) is 0 Å². The lowest BCUT2D eigenvalue weighted by atomic mass is 9.93. The lowest BCUT2D eigenvalue weighted by Crippen LogP contribution is -2.33. The molecule has 1 heterocycles. The predicted octanol–water partition coefficient (Wildman–Crippen LogP) is 3.79. The second-order valence-corrected chi connectivity index (χ2v) is 7.24. The Hall–Kier alpha value is -4.07. The van der Waals surface area contributed by atoms with E-state index in [1.54, 1.807) is 6.07 Å². The third-order valence-electron chi connectivity index (χ3n) is 5.03. The molecule has 2 amide bonds. The van der Waals surface area contributed by atoms with Gasteiger partial charge < -0.3 is 15.4 Å². The fourth-order valence-corrected chi connectivity index (χ4v) is 3.43. The first-order valence-electron chi connectivity index (χ1n) is 9.82. The van der Waals surface area contributed by atoms with Crippen molar-refractivity contribution in [2.75, 3.05) is 11.9 Å². The van der Waals surface area contributed by atoms with Gasteiger partial charge in [-0.05, 0) is 41.5 Å². The minimum Gasteiger partial charge on any atom is -0.454 e. The molecule has 0 aliphatic carbocycles. The van der Waals surface area contributed by atoms with Gasteiger partial charge in [-0.25, -0.2) is 13.6 Å². The van der Waals surface area contributed by atoms with Crippen LogP contribution in [-0.4, -0.2) is 24.3 Å². The van der Waals surface area contributed by atoms with Crippen LogP contribution in [0.3, 0.4) is 0 Å². The lowest BCUT2D eigenvalue weighted by Gasteiger charge is -2.25. The Morgan fingerprint density at radius 3 is 2.50 bits per heavy atom. The van der Waals surface area contributed by atoms with Crippen molar-refractivity contribution in [3.8, 4) is 0 Å². The maximum Gasteiger partial charge on any atom is 0.339 e. The van der Waals surface area contributed by atoms with E-state index in [0.717, 1.165) is 17.7 Å². The van der Waals surface area contributed by atoms with Gasteiger partial charge in [0.1, 0.15) is 6.10 Å². The van der Waals surface area contributed by atoms with Crippen LogP contribution >= 0.6 is 0 Å². The summed E-state index contributed by atoms with van der Waals surface area (Å²) in [5.74, 6) is -3.69. The van der Waals surface area contributed by atoms with Crippen LogP contribution < -0.4 is 10.6 Å². The van der Waals surface area contributed by atoms with Crippen LogP contribution in [0.5, 0.6) is 0 Å². The zero-order valence-electron chi connectivity index (χ0n) is 16.7. The Morgan fingerprint density at radius 1 is 0.969 bits per heavy atom. The van der Waals surface area contributed by atoms with Gasteiger partial charge >= 0.3 is 5.97 Å². The molecule has 0 saturated carbocycles. The standard InChI is InChI=1S/C24H18F2N2O4/c25-19-9-7-17(12-20(19)26)28-22(29)13-27-23(30)15-6-8-18-16(10-15)11-21(32-24(18)31)14-4-2-1-3-5-14/h1-10,12,21H,11,13H2,(H,27,30)(H,28,29).